The highest BCUT2D eigenvalue weighted by molar-refractivity contribution is 8.03. The maximum atomic E-state index is 12.3. The van der Waals surface area contributed by atoms with Crippen LogP contribution >= 0.6 is 46.2 Å². The Morgan fingerprint density at radius 3 is 2.38 bits per heavy atom. The highest BCUT2D eigenvalue weighted by atomic mass is 32.2. The van der Waals surface area contributed by atoms with Gasteiger partial charge in [-0.15, -0.1) is 21.5 Å². The van der Waals surface area contributed by atoms with Crippen LogP contribution in [-0.2, 0) is 4.79 Å². The summed E-state index contributed by atoms with van der Waals surface area (Å²) >= 11 is 5.83. The van der Waals surface area contributed by atoms with Gasteiger partial charge in [-0.3, -0.25) is 9.59 Å². The lowest BCUT2D eigenvalue weighted by atomic mass is 10.2. The van der Waals surface area contributed by atoms with Crippen LogP contribution in [0, 0.1) is 13.8 Å². The molecule has 0 aliphatic carbocycles. The van der Waals surface area contributed by atoms with Crippen molar-refractivity contribution in [2.24, 2.45) is 0 Å². The second-order valence-corrected chi connectivity index (χ2v) is 9.89. The second kappa shape index (κ2) is 9.55. The molecule has 5 nitrogen and oxygen atoms in total. The van der Waals surface area contributed by atoms with Crippen molar-refractivity contribution in [1.82, 2.24) is 15.5 Å². The zero-order chi connectivity index (χ0) is 17.5. The molecule has 24 heavy (non-hydrogen) atoms. The second-order valence-electron chi connectivity index (χ2n) is 5.01. The van der Waals surface area contributed by atoms with Gasteiger partial charge in [0.1, 0.15) is 0 Å². The fourth-order valence-corrected chi connectivity index (χ4v) is 5.55. The number of hydrogen-bond donors (Lipinski definition) is 1. The van der Waals surface area contributed by atoms with E-state index >= 15 is 0 Å². The highest BCUT2D eigenvalue weighted by Gasteiger charge is 2.14. The van der Waals surface area contributed by atoms with Crippen molar-refractivity contribution in [2.45, 2.75) is 35.9 Å². The summed E-state index contributed by atoms with van der Waals surface area (Å²) in [6, 6.07) is 1.94. The van der Waals surface area contributed by atoms with E-state index in [1.54, 1.807) is 11.3 Å². The summed E-state index contributed by atoms with van der Waals surface area (Å²) < 4.78 is 1.50. The minimum atomic E-state index is 0.00438. The Bertz CT molecular complexity index is 711. The molecule has 2 aromatic heterocycles. The van der Waals surface area contributed by atoms with E-state index in [0.29, 0.717) is 18.1 Å². The van der Waals surface area contributed by atoms with E-state index < -0.39 is 0 Å². The van der Waals surface area contributed by atoms with Gasteiger partial charge in [-0.1, -0.05) is 41.8 Å². The summed E-state index contributed by atoms with van der Waals surface area (Å²) in [5.74, 6) is 0.814. The largest absolute Gasteiger partial charge is 0.355 e. The molecule has 0 spiro atoms. The lowest BCUT2D eigenvalue weighted by Crippen LogP contribution is -2.25. The molecule has 0 atom stereocenters. The van der Waals surface area contributed by atoms with Gasteiger partial charge in [0.2, 0.25) is 5.91 Å². The summed E-state index contributed by atoms with van der Waals surface area (Å²) in [5, 5.41) is 11.0. The average Bonchev–Trinajstić information content (AvgIpc) is 3.14. The Hall–Kier alpha value is -0.900. The smallest absolute Gasteiger partial charge is 0.230 e. The van der Waals surface area contributed by atoms with E-state index in [2.05, 4.69) is 15.5 Å². The topological polar surface area (TPSA) is 72.0 Å². The highest BCUT2D eigenvalue weighted by Crippen LogP contribution is 2.30. The van der Waals surface area contributed by atoms with Crippen molar-refractivity contribution >= 4 is 57.9 Å². The Kier molecular flexibility index (Phi) is 7.73. The lowest BCUT2D eigenvalue weighted by Gasteiger charge is -2.00. The van der Waals surface area contributed by atoms with Crippen molar-refractivity contribution < 1.29 is 9.59 Å². The number of thiophene rings is 1. The molecule has 9 heteroatoms. The van der Waals surface area contributed by atoms with Gasteiger partial charge in [0, 0.05) is 21.9 Å². The van der Waals surface area contributed by atoms with Crippen LogP contribution in [0.2, 0.25) is 0 Å². The van der Waals surface area contributed by atoms with Gasteiger partial charge < -0.3 is 5.32 Å². The van der Waals surface area contributed by atoms with E-state index in [9.17, 15) is 9.59 Å². The summed E-state index contributed by atoms with van der Waals surface area (Å²) in [5.41, 5.74) is 0.803. The predicted molar refractivity (Wildman–Crippen MR) is 103 cm³/mol. The average molecular weight is 402 g/mol. The zero-order valence-electron chi connectivity index (χ0n) is 13.7. The van der Waals surface area contributed by atoms with Crippen molar-refractivity contribution in [3.63, 3.8) is 0 Å². The van der Waals surface area contributed by atoms with Crippen LogP contribution in [-0.4, -0.2) is 39.9 Å². The molecule has 0 aliphatic heterocycles. The van der Waals surface area contributed by atoms with Gasteiger partial charge in [-0.2, -0.15) is 0 Å². The molecule has 2 aromatic rings. The van der Waals surface area contributed by atoms with Crippen LogP contribution in [0.4, 0.5) is 0 Å². The van der Waals surface area contributed by atoms with Gasteiger partial charge in [0.05, 0.1) is 11.5 Å². The SMILES string of the molecule is CCCNC(=O)CSc1nnc(SCC(=O)c2cc(C)sc2C)s1. The van der Waals surface area contributed by atoms with E-state index in [1.165, 1.54) is 34.9 Å². The summed E-state index contributed by atoms with van der Waals surface area (Å²) in [7, 11) is 0. The van der Waals surface area contributed by atoms with Crippen LogP contribution in [0.3, 0.4) is 0 Å². The number of carbonyl (C=O) groups excluding carboxylic acids is 2. The van der Waals surface area contributed by atoms with Crippen LogP contribution < -0.4 is 5.32 Å². The zero-order valence-corrected chi connectivity index (χ0v) is 17.0. The Labute approximate surface area is 158 Å². The first-order chi connectivity index (χ1) is 11.5. The molecular weight excluding hydrogens is 382 g/mol. The van der Waals surface area contributed by atoms with Crippen molar-refractivity contribution in [3.05, 3.63) is 21.4 Å². The molecule has 0 fully saturated rings. The maximum absolute atomic E-state index is 12.3. The molecule has 0 unspecified atom stereocenters. The number of thioether (sulfide) groups is 2. The van der Waals surface area contributed by atoms with Crippen LogP contribution in [0.1, 0.15) is 33.5 Å². The van der Waals surface area contributed by atoms with E-state index in [0.717, 1.165) is 30.4 Å². The molecule has 0 saturated heterocycles. The Morgan fingerprint density at radius 1 is 1.12 bits per heavy atom. The Morgan fingerprint density at radius 2 is 1.79 bits per heavy atom. The first-order valence-electron chi connectivity index (χ1n) is 7.45. The fraction of sp³-hybridized carbons (Fsp3) is 0.467. The molecule has 2 rings (SSSR count). The third kappa shape index (κ3) is 5.87. The number of carbonyl (C=O) groups is 2. The van der Waals surface area contributed by atoms with E-state index in [-0.39, 0.29) is 11.7 Å². The van der Waals surface area contributed by atoms with Gasteiger partial charge in [-0.05, 0) is 26.3 Å². The fourth-order valence-electron chi connectivity index (χ4n) is 1.87. The van der Waals surface area contributed by atoms with Gasteiger partial charge in [0.15, 0.2) is 14.5 Å². The third-order valence-electron chi connectivity index (χ3n) is 2.95. The summed E-state index contributed by atoms with van der Waals surface area (Å²) in [6.07, 6.45) is 0.924. The number of hydrogen-bond acceptors (Lipinski definition) is 8. The maximum Gasteiger partial charge on any atom is 0.230 e. The molecule has 0 aliphatic rings. The quantitative estimate of drug-likeness (QED) is 0.509. The van der Waals surface area contributed by atoms with Gasteiger partial charge in [0.25, 0.3) is 0 Å². The van der Waals surface area contributed by atoms with Crippen LogP contribution in [0.15, 0.2) is 14.7 Å². The van der Waals surface area contributed by atoms with Gasteiger partial charge >= 0.3 is 0 Å². The van der Waals surface area contributed by atoms with Crippen LogP contribution in [0.25, 0.3) is 0 Å². The number of nitrogens with zero attached hydrogens (tertiary/aromatic N) is 2. The van der Waals surface area contributed by atoms with Crippen LogP contribution in [0.5, 0.6) is 0 Å². The van der Waals surface area contributed by atoms with Crippen molar-refractivity contribution in [2.75, 3.05) is 18.1 Å². The first-order valence-corrected chi connectivity index (χ1v) is 11.1. The predicted octanol–water partition coefficient (Wildman–Crippen LogP) is 3.81. The molecule has 0 saturated carbocycles. The molecule has 2 heterocycles. The third-order valence-corrected chi connectivity index (χ3v) is 7.11. The molecule has 0 aromatic carbocycles. The van der Waals surface area contributed by atoms with Crippen molar-refractivity contribution in [1.29, 1.82) is 0 Å². The lowest BCUT2D eigenvalue weighted by molar-refractivity contribution is -0.118. The number of Topliss-reactive ketones (excluding diaryl/α,β-unsaturated/α-hetero) is 1. The Balaban J connectivity index is 1.80. The molecule has 130 valence electrons. The molecule has 0 bridgehead atoms. The van der Waals surface area contributed by atoms with E-state index in [4.69, 9.17) is 0 Å². The normalized spacial score (nSPS) is 10.8. The monoisotopic (exact) mass is 401 g/mol. The minimum absolute atomic E-state index is 0.00438. The number of nitrogens with one attached hydrogen (secondary N) is 1. The number of aromatic nitrogens is 2. The summed E-state index contributed by atoms with van der Waals surface area (Å²) in [6.45, 7) is 6.69. The van der Waals surface area contributed by atoms with Gasteiger partial charge in [-0.25, -0.2) is 0 Å². The number of rotatable bonds is 9. The minimum Gasteiger partial charge on any atom is -0.355 e. The van der Waals surface area contributed by atoms with E-state index in [1.807, 2.05) is 26.8 Å². The number of ketones is 1. The molecule has 1 amide bonds. The molecule has 1 N–H and O–H groups in total. The number of aryl methyl sites for hydroxylation is 2. The molecular formula is C15H19N3O2S4. The molecule has 0 radical (unpaired) electrons. The summed E-state index contributed by atoms with van der Waals surface area (Å²) in [4.78, 5) is 26.0. The first kappa shape index (κ1) is 19.4. The van der Waals surface area contributed by atoms with Crippen molar-refractivity contribution in [3.8, 4) is 0 Å². The standard InChI is InChI=1S/C15H19N3O2S4/c1-4-5-16-13(20)8-22-15-18-17-14(24-15)21-7-12(19)11-6-9(2)23-10(11)3/h6H,4-5,7-8H2,1-3H3,(H,16,20). The number of amides is 1.